The molecule has 1 aromatic heterocycles. The van der Waals surface area contributed by atoms with Gasteiger partial charge in [-0.2, -0.15) is 0 Å². The first-order valence-corrected chi connectivity index (χ1v) is 22.9. The Balaban J connectivity index is 1.06. The van der Waals surface area contributed by atoms with Gasteiger partial charge in [-0.15, -0.1) is 0 Å². The Morgan fingerprint density at radius 3 is 1.00 bits per heavy atom. The van der Waals surface area contributed by atoms with Gasteiger partial charge in [-0.3, -0.25) is 0 Å². The minimum atomic E-state index is -0.630. The van der Waals surface area contributed by atoms with Crippen molar-refractivity contribution < 1.29 is 0 Å². The zero-order valence-electron chi connectivity index (χ0n) is 36.5. The van der Waals surface area contributed by atoms with Crippen molar-refractivity contribution in [1.82, 2.24) is 15.0 Å². The summed E-state index contributed by atoms with van der Waals surface area (Å²) in [5.41, 5.74) is 21.3. The fourth-order valence-corrected chi connectivity index (χ4v) is 10.7. The fraction of sp³-hybridized carbons (Fsp3) is 0.0156. The molecule has 10 aromatic carbocycles. The van der Waals surface area contributed by atoms with Crippen LogP contribution in [-0.2, 0) is 5.41 Å². The molecule has 312 valence electrons. The summed E-state index contributed by atoms with van der Waals surface area (Å²) in [6.07, 6.45) is 0. The molecular weight excluding hydrogens is 811 g/mol. The maximum Gasteiger partial charge on any atom is 0.164 e. The topological polar surface area (TPSA) is 38.7 Å². The van der Waals surface area contributed by atoms with E-state index < -0.39 is 5.41 Å². The molecule has 13 rings (SSSR count). The van der Waals surface area contributed by atoms with Crippen LogP contribution in [0.2, 0.25) is 0 Å². The van der Waals surface area contributed by atoms with Gasteiger partial charge in [0.2, 0.25) is 0 Å². The molecule has 0 fully saturated rings. The Kier molecular flexibility index (Phi) is 9.07. The number of fused-ring (bicyclic) bond motifs is 12. The lowest BCUT2D eigenvalue weighted by Gasteiger charge is -2.35. The number of hydrogen-bond donors (Lipinski definition) is 0. The normalized spacial score (nSPS) is 12.6. The van der Waals surface area contributed by atoms with Crippen molar-refractivity contribution >= 4 is 0 Å². The third-order valence-corrected chi connectivity index (χ3v) is 13.8. The second-order valence-corrected chi connectivity index (χ2v) is 17.5. The maximum absolute atomic E-state index is 5.46. The minimum Gasteiger partial charge on any atom is -0.208 e. The molecule has 3 heteroatoms. The number of rotatable bonds is 6. The van der Waals surface area contributed by atoms with Crippen LogP contribution in [0.25, 0.3) is 101 Å². The van der Waals surface area contributed by atoms with Crippen molar-refractivity contribution in [2.24, 2.45) is 0 Å². The van der Waals surface area contributed by atoms with Crippen LogP contribution in [0, 0.1) is 0 Å². The van der Waals surface area contributed by atoms with E-state index in [1.165, 1.54) is 55.6 Å². The second kappa shape index (κ2) is 15.7. The summed E-state index contributed by atoms with van der Waals surface area (Å²) in [6, 6.07) is 89.6. The molecule has 67 heavy (non-hydrogen) atoms. The molecule has 2 aliphatic carbocycles. The SMILES string of the molecule is c1ccc(-c2ccc(-c3nc(-c4cc(-c5ccccc5)cc(-c5ccccc5)c4)nc(-c4ccc5c(c4)C4(c6ccccc6-c6ccccc6-c6ccccc64)c4ccccc4-5)n3)cc2)cc1. The van der Waals surface area contributed by atoms with Crippen LogP contribution in [0.5, 0.6) is 0 Å². The van der Waals surface area contributed by atoms with E-state index in [0.717, 1.165) is 50.1 Å². The van der Waals surface area contributed by atoms with Crippen molar-refractivity contribution in [3.63, 3.8) is 0 Å². The van der Waals surface area contributed by atoms with Gasteiger partial charge >= 0.3 is 0 Å². The van der Waals surface area contributed by atoms with Crippen LogP contribution in [0.3, 0.4) is 0 Å². The lowest BCUT2D eigenvalue weighted by molar-refractivity contribution is 0.775. The van der Waals surface area contributed by atoms with Crippen molar-refractivity contribution in [2.75, 3.05) is 0 Å². The van der Waals surface area contributed by atoms with Gasteiger partial charge in [0.25, 0.3) is 0 Å². The Hall–Kier alpha value is -8.79. The molecular formula is C64H41N3. The lowest BCUT2D eigenvalue weighted by Crippen LogP contribution is -2.29. The van der Waals surface area contributed by atoms with Gasteiger partial charge in [0, 0.05) is 16.7 Å². The van der Waals surface area contributed by atoms with Crippen LogP contribution in [0.4, 0.5) is 0 Å². The molecule has 0 atom stereocenters. The van der Waals surface area contributed by atoms with Gasteiger partial charge in [-0.25, -0.2) is 15.0 Å². The fourth-order valence-electron chi connectivity index (χ4n) is 10.7. The molecule has 1 spiro atoms. The zero-order chi connectivity index (χ0) is 44.3. The summed E-state index contributed by atoms with van der Waals surface area (Å²) in [4.78, 5) is 16.2. The van der Waals surface area contributed by atoms with Crippen LogP contribution < -0.4 is 0 Å². The van der Waals surface area contributed by atoms with E-state index in [1.807, 2.05) is 6.07 Å². The van der Waals surface area contributed by atoms with Crippen molar-refractivity contribution in [2.45, 2.75) is 5.41 Å². The molecule has 11 aromatic rings. The van der Waals surface area contributed by atoms with E-state index in [-0.39, 0.29) is 0 Å². The van der Waals surface area contributed by atoms with Crippen LogP contribution >= 0.6 is 0 Å². The van der Waals surface area contributed by atoms with Gasteiger partial charge in [0.1, 0.15) is 0 Å². The molecule has 0 amide bonds. The summed E-state index contributed by atoms with van der Waals surface area (Å²) in [6.45, 7) is 0. The monoisotopic (exact) mass is 851 g/mol. The van der Waals surface area contributed by atoms with E-state index in [1.54, 1.807) is 0 Å². The third kappa shape index (κ3) is 6.31. The van der Waals surface area contributed by atoms with Crippen molar-refractivity contribution in [3.05, 3.63) is 271 Å². The number of aromatic nitrogens is 3. The highest BCUT2D eigenvalue weighted by Crippen LogP contribution is 2.61. The zero-order valence-corrected chi connectivity index (χ0v) is 36.5. The van der Waals surface area contributed by atoms with E-state index in [9.17, 15) is 0 Å². The van der Waals surface area contributed by atoms with Crippen LogP contribution in [0.1, 0.15) is 22.3 Å². The summed E-state index contributed by atoms with van der Waals surface area (Å²) < 4.78 is 0. The third-order valence-electron chi connectivity index (χ3n) is 13.8. The molecule has 0 aliphatic heterocycles. The van der Waals surface area contributed by atoms with Gasteiger partial charge in [0.15, 0.2) is 17.5 Å². The highest BCUT2D eigenvalue weighted by atomic mass is 15.0. The lowest BCUT2D eigenvalue weighted by atomic mass is 9.66. The van der Waals surface area contributed by atoms with Crippen molar-refractivity contribution in [3.8, 4) is 101 Å². The van der Waals surface area contributed by atoms with E-state index in [0.29, 0.717) is 17.5 Å². The Labute approximate surface area is 390 Å². The average Bonchev–Trinajstić information content (AvgIpc) is 3.65. The summed E-state index contributed by atoms with van der Waals surface area (Å²) in [7, 11) is 0. The molecule has 0 bridgehead atoms. The molecule has 0 unspecified atom stereocenters. The first-order valence-electron chi connectivity index (χ1n) is 22.9. The van der Waals surface area contributed by atoms with E-state index in [4.69, 9.17) is 15.0 Å². The van der Waals surface area contributed by atoms with E-state index in [2.05, 4.69) is 243 Å². The largest absolute Gasteiger partial charge is 0.208 e. The van der Waals surface area contributed by atoms with Crippen LogP contribution in [0.15, 0.2) is 249 Å². The molecule has 3 nitrogen and oxygen atoms in total. The number of hydrogen-bond acceptors (Lipinski definition) is 3. The maximum atomic E-state index is 5.46. The first kappa shape index (κ1) is 38.6. The Morgan fingerprint density at radius 1 is 0.194 bits per heavy atom. The predicted octanol–water partition coefficient (Wildman–Crippen LogP) is 15.9. The number of nitrogens with zero attached hydrogens (tertiary/aromatic N) is 3. The second-order valence-electron chi connectivity index (χ2n) is 17.5. The molecule has 0 radical (unpaired) electrons. The Bertz CT molecular complexity index is 3550. The molecule has 0 saturated heterocycles. The summed E-state index contributed by atoms with van der Waals surface area (Å²) >= 11 is 0. The van der Waals surface area contributed by atoms with Gasteiger partial charge in [-0.05, 0) is 113 Å². The van der Waals surface area contributed by atoms with E-state index >= 15 is 0 Å². The first-order chi connectivity index (χ1) is 33.2. The standard InChI is InChI=1S/C64H41N3/c1-4-18-42(19-5-1)45-32-34-46(35-33-45)61-65-62(67-63(66-61)50-39-48(43-20-6-2-7-21-43)38-49(40-50)44-22-8-3-9-23-44)47-36-37-56-55-28-14-17-31-59(55)64(60(56)41-47)57-29-15-12-26-53(57)51-24-10-11-25-52(51)54-27-13-16-30-58(54)64/h1-41H. The van der Waals surface area contributed by atoms with Gasteiger partial charge < -0.3 is 0 Å². The average molecular weight is 852 g/mol. The molecule has 0 N–H and O–H groups in total. The van der Waals surface area contributed by atoms with Gasteiger partial charge in [0.05, 0.1) is 5.41 Å². The Morgan fingerprint density at radius 2 is 0.507 bits per heavy atom. The number of benzene rings is 10. The highest BCUT2D eigenvalue weighted by molar-refractivity contribution is 5.97. The smallest absolute Gasteiger partial charge is 0.164 e. The molecule has 0 saturated carbocycles. The quantitative estimate of drug-likeness (QED) is 0.167. The summed E-state index contributed by atoms with van der Waals surface area (Å²) in [5.74, 6) is 1.84. The molecule has 2 aliphatic rings. The summed E-state index contributed by atoms with van der Waals surface area (Å²) in [5, 5.41) is 0. The van der Waals surface area contributed by atoms with Crippen molar-refractivity contribution in [1.29, 1.82) is 0 Å². The van der Waals surface area contributed by atoms with Crippen LogP contribution in [-0.4, -0.2) is 15.0 Å². The highest BCUT2D eigenvalue weighted by Gasteiger charge is 2.49. The molecule has 1 heterocycles. The van der Waals surface area contributed by atoms with Gasteiger partial charge in [-0.1, -0.05) is 224 Å². The predicted molar refractivity (Wildman–Crippen MR) is 274 cm³/mol. The minimum absolute atomic E-state index is 0.612.